The van der Waals surface area contributed by atoms with Gasteiger partial charge >= 0.3 is 0 Å². The van der Waals surface area contributed by atoms with Gasteiger partial charge in [-0.25, -0.2) is 4.98 Å². The summed E-state index contributed by atoms with van der Waals surface area (Å²) < 4.78 is 5.31. The van der Waals surface area contributed by atoms with E-state index in [1.54, 1.807) is 38.4 Å². The van der Waals surface area contributed by atoms with Crippen molar-refractivity contribution in [1.29, 1.82) is 0 Å². The standard InChI is InChI=1S/C17H17ClN4O3/c1-22(9-11-5-12(18)3-4-14(11)25-2)17(24)10-6-13-16(19-7-10)20-8-15(23)21-13/h3-7H,8-9H2,1-2H3,(H,19,20)(H,21,23). The first-order valence-corrected chi connectivity index (χ1v) is 7.97. The van der Waals surface area contributed by atoms with Crippen LogP contribution in [-0.4, -0.2) is 42.4 Å². The van der Waals surface area contributed by atoms with Gasteiger partial charge in [0.1, 0.15) is 11.6 Å². The van der Waals surface area contributed by atoms with E-state index in [9.17, 15) is 9.59 Å². The zero-order valence-electron chi connectivity index (χ0n) is 13.8. The summed E-state index contributed by atoms with van der Waals surface area (Å²) in [7, 11) is 3.25. The number of pyridine rings is 1. The molecular weight excluding hydrogens is 344 g/mol. The molecule has 0 spiro atoms. The Morgan fingerprint density at radius 2 is 2.20 bits per heavy atom. The summed E-state index contributed by atoms with van der Waals surface area (Å²) >= 11 is 6.03. The minimum absolute atomic E-state index is 0.168. The summed E-state index contributed by atoms with van der Waals surface area (Å²) in [4.78, 5) is 29.9. The predicted molar refractivity (Wildman–Crippen MR) is 95.2 cm³/mol. The highest BCUT2D eigenvalue weighted by Crippen LogP contribution is 2.26. The van der Waals surface area contributed by atoms with E-state index in [-0.39, 0.29) is 18.4 Å². The molecule has 0 radical (unpaired) electrons. The zero-order chi connectivity index (χ0) is 18.0. The molecule has 130 valence electrons. The molecule has 25 heavy (non-hydrogen) atoms. The van der Waals surface area contributed by atoms with Gasteiger partial charge in [-0.2, -0.15) is 0 Å². The van der Waals surface area contributed by atoms with Crippen LogP contribution in [0.2, 0.25) is 5.02 Å². The average Bonchev–Trinajstić information content (AvgIpc) is 2.60. The van der Waals surface area contributed by atoms with E-state index in [0.29, 0.717) is 34.4 Å². The summed E-state index contributed by atoms with van der Waals surface area (Å²) in [5.41, 5.74) is 1.67. The van der Waals surface area contributed by atoms with Crippen molar-refractivity contribution >= 4 is 34.9 Å². The van der Waals surface area contributed by atoms with Crippen molar-refractivity contribution in [3.63, 3.8) is 0 Å². The lowest BCUT2D eigenvalue weighted by atomic mass is 10.1. The highest BCUT2D eigenvalue weighted by Gasteiger charge is 2.20. The predicted octanol–water partition coefficient (Wildman–Crippen LogP) is 2.38. The molecule has 0 atom stereocenters. The molecule has 0 unspecified atom stereocenters. The molecule has 2 amide bonds. The van der Waals surface area contributed by atoms with E-state index in [4.69, 9.17) is 16.3 Å². The monoisotopic (exact) mass is 360 g/mol. The van der Waals surface area contributed by atoms with Gasteiger partial charge in [0.2, 0.25) is 5.91 Å². The number of carbonyl (C=O) groups excluding carboxylic acids is 2. The van der Waals surface area contributed by atoms with E-state index < -0.39 is 0 Å². The second-order valence-electron chi connectivity index (χ2n) is 5.64. The fraction of sp³-hybridized carbons (Fsp3) is 0.235. The van der Waals surface area contributed by atoms with Crippen molar-refractivity contribution in [3.8, 4) is 5.75 Å². The topological polar surface area (TPSA) is 83.6 Å². The third kappa shape index (κ3) is 3.66. The number of nitrogens with zero attached hydrogens (tertiary/aromatic N) is 2. The molecule has 2 N–H and O–H groups in total. The zero-order valence-corrected chi connectivity index (χ0v) is 14.6. The maximum Gasteiger partial charge on any atom is 0.255 e. The van der Waals surface area contributed by atoms with Crippen LogP contribution in [0.3, 0.4) is 0 Å². The Kier molecular flexibility index (Phi) is 4.76. The van der Waals surface area contributed by atoms with Crippen LogP contribution in [0, 0.1) is 0 Å². The molecule has 8 heteroatoms. The summed E-state index contributed by atoms with van der Waals surface area (Å²) in [5.74, 6) is 0.812. The second kappa shape index (κ2) is 6.98. The molecular formula is C17H17ClN4O3. The number of nitrogens with one attached hydrogen (secondary N) is 2. The molecule has 2 aromatic rings. The molecule has 0 aliphatic carbocycles. The van der Waals surface area contributed by atoms with Gasteiger partial charge in [0, 0.05) is 30.4 Å². The van der Waals surface area contributed by atoms with Crippen LogP contribution < -0.4 is 15.4 Å². The Morgan fingerprint density at radius 1 is 1.40 bits per heavy atom. The van der Waals surface area contributed by atoms with Crippen LogP contribution in [0.15, 0.2) is 30.5 Å². The van der Waals surface area contributed by atoms with Crippen LogP contribution in [-0.2, 0) is 11.3 Å². The first-order valence-electron chi connectivity index (χ1n) is 7.59. The Bertz CT molecular complexity index is 841. The molecule has 1 aliphatic heterocycles. The molecule has 1 aromatic heterocycles. The average molecular weight is 361 g/mol. The number of anilines is 2. The number of benzene rings is 1. The molecule has 1 aliphatic rings. The van der Waals surface area contributed by atoms with E-state index in [0.717, 1.165) is 5.56 Å². The first-order chi connectivity index (χ1) is 12.0. The lowest BCUT2D eigenvalue weighted by Crippen LogP contribution is -2.30. The Morgan fingerprint density at radius 3 is 2.96 bits per heavy atom. The number of methoxy groups -OCH3 is 1. The second-order valence-corrected chi connectivity index (χ2v) is 6.08. The Labute approximate surface area is 149 Å². The summed E-state index contributed by atoms with van der Waals surface area (Å²) in [5, 5.41) is 6.16. The van der Waals surface area contributed by atoms with Crippen molar-refractivity contribution in [2.75, 3.05) is 31.3 Å². The molecule has 2 heterocycles. The number of hydrogen-bond donors (Lipinski definition) is 2. The van der Waals surface area contributed by atoms with E-state index in [1.165, 1.54) is 11.1 Å². The van der Waals surface area contributed by atoms with Crippen LogP contribution >= 0.6 is 11.6 Å². The minimum Gasteiger partial charge on any atom is -0.496 e. The minimum atomic E-state index is -0.225. The summed E-state index contributed by atoms with van der Waals surface area (Å²) in [6.45, 7) is 0.492. The third-order valence-electron chi connectivity index (χ3n) is 3.82. The Balaban J connectivity index is 1.80. The van der Waals surface area contributed by atoms with Gasteiger partial charge in [0.25, 0.3) is 5.91 Å². The van der Waals surface area contributed by atoms with Crippen LogP contribution in [0.25, 0.3) is 0 Å². The maximum absolute atomic E-state index is 12.7. The normalized spacial score (nSPS) is 12.7. The summed E-state index contributed by atoms with van der Waals surface area (Å²) in [6, 6.07) is 6.87. The van der Waals surface area contributed by atoms with Gasteiger partial charge in [-0.05, 0) is 24.3 Å². The van der Waals surface area contributed by atoms with Gasteiger partial charge in [0.15, 0.2) is 0 Å². The highest BCUT2D eigenvalue weighted by atomic mass is 35.5. The molecule has 0 fully saturated rings. The van der Waals surface area contributed by atoms with Crippen molar-refractivity contribution in [2.24, 2.45) is 0 Å². The van der Waals surface area contributed by atoms with Crippen molar-refractivity contribution < 1.29 is 14.3 Å². The van der Waals surface area contributed by atoms with Crippen molar-refractivity contribution in [3.05, 3.63) is 46.6 Å². The van der Waals surface area contributed by atoms with Gasteiger partial charge in [0.05, 0.1) is 24.9 Å². The Hall–Kier alpha value is -2.80. The lowest BCUT2D eigenvalue weighted by molar-refractivity contribution is -0.114. The smallest absolute Gasteiger partial charge is 0.255 e. The fourth-order valence-corrected chi connectivity index (χ4v) is 2.79. The lowest BCUT2D eigenvalue weighted by Gasteiger charge is -2.21. The van der Waals surface area contributed by atoms with Crippen LogP contribution in [0.1, 0.15) is 15.9 Å². The number of ether oxygens (including phenoxy) is 1. The van der Waals surface area contributed by atoms with Crippen molar-refractivity contribution in [1.82, 2.24) is 9.88 Å². The number of fused-ring (bicyclic) bond motifs is 1. The van der Waals surface area contributed by atoms with E-state index >= 15 is 0 Å². The molecule has 3 rings (SSSR count). The number of carbonyl (C=O) groups is 2. The number of rotatable bonds is 4. The number of halogens is 1. The van der Waals surface area contributed by atoms with Gasteiger partial charge < -0.3 is 20.3 Å². The summed E-state index contributed by atoms with van der Waals surface area (Å²) in [6.07, 6.45) is 1.48. The third-order valence-corrected chi connectivity index (χ3v) is 4.06. The van der Waals surface area contributed by atoms with Crippen LogP contribution in [0.4, 0.5) is 11.5 Å². The maximum atomic E-state index is 12.7. The molecule has 0 bridgehead atoms. The first kappa shape index (κ1) is 17.0. The number of hydrogen-bond acceptors (Lipinski definition) is 5. The van der Waals surface area contributed by atoms with Gasteiger partial charge in [-0.3, -0.25) is 9.59 Å². The van der Waals surface area contributed by atoms with Crippen LogP contribution in [0.5, 0.6) is 5.75 Å². The molecule has 0 saturated heterocycles. The molecule has 0 saturated carbocycles. The van der Waals surface area contributed by atoms with Crippen molar-refractivity contribution in [2.45, 2.75) is 6.54 Å². The number of amides is 2. The quantitative estimate of drug-likeness (QED) is 0.874. The largest absolute Gasteiger partial charge is 0.496 e. The number of aromatic nitrogens is 1. The SMILES string of the molecule is COc1ccc(Cl)cc1CN(C)C(=O)c1cnc2c(c1)NC(=O)CN2. The van der Waals surface area contributed by atoms with E-state index in [1.807, 2.05) is 0 Å². The highest BCUT2D eigenvalue weighted by molar-refractivity contribution is 6.30. The fourth-order valence-electron chi connectivity index (χ4n) is 2.59. The van der Waals surface area contributed by atoms with Gasteiger partial charge in [-0.1, -0.05) is 11.6 Å². The van der Waals surface area contributed by atoms with Gasteiger partial charge in [-0.15, -0.1) is 0 Å². The molecule has 1 aromatic carbocycles. The van der Waals surface area contributed by atoms with E-state index in [2.05, 4.69) is 15.6 Å². The molecule has 7 nitrogen and oxygen atoms in total.